The van der Waals surface area contributed by atoms with E-state index in [0.717, 1.165) is 0 Å². The molecule has 0 fully saturated rings. The molecule has 1 aromatic carbocycles. The lowest BCUT2D eigenvalue weighted by Gasteiger charge is -2.09. The highest BCUT2D eigenvalue weighted by Crippen LogP contribution is 2.32. The maximum atomic E-state index is 11.6. The number of ether oxygens (including phenoxy) is 1. The molecule has 0 bridgehead atoms. The first kappa shape index (κ1) is 18.9. The fraction of sp³-hybridized carbons (Fsp3) is 0.0769. The number of urea groups is 1. The Morgan fingerprint density at radius 2 is 2.13 bits per heavy atom. The van der Waals surface area contributed by atoms with Gasteiger partial charge in [-0.15, -0.1) is 0 Å². The summed E-state index contributed by atoms with van der Waals surface area (Å²) in [5.41, 5.74) is 4.98. The number of rotatable bonds is 5. The minimum absolute atomic E-state index is 0.314. The molecule has 8 nitrogen and oxygen atoms in total. The number of nitriles is 1. The van der Waals surface area contributed by atoms with E-state index in [0.29, 0.717) is 19.4 Å². The van der Waals surface area contributed by atoms with Crippen molar-refractivity contribution in [2.45, 2.75) is 0 Å². The van der Waals surface area contributed by atoms with Crippen LogP contribution in [0.25, 0.3) is 6.08 Å². The number of carbonyl (C=O) groups excluding carboxylic acids is 2. The number of halogens is 2. The predicted octanol–water partition coefficient (Wildman–Crippen LogP) is 1.62. The molecule has 0 saturated heterocycles. The van der Waals surface area contributed by atoms with Gasteiger partial charge in [0.05, 0.1) is 8.04 Å². The average molecular weight is 494 g/mol. The molecule has 0 aliphatic carbocycles. The SMILES string of the molecule is N#C/C(=C/c1cc(Br)c(OCC(=O)O)c(I)c1)C(=O)NC(N)=O. The van der Waals surface area contributed by atoms with Gasteiger partial charge in [-0.25, -0.2) is 9.59 Å². The topological polar surface area (TPSA) is 143 Å². The highest BCUT2D eigenvalue weighted by molar-refractivity contribution is 14.1. The number of carboxylic acid groups (broad SMARTS) is 1. The lowest BCUT2D eigenvalue weighted by molar-refractivity contribution is -0.139. The number of hydrogen-bond acceptors (Lipinski definition) is 5. The Balaban J connectivity index is 3.12. The van der Waals surface area contributed by atoms with Crippen molar-refractivity contribution in [3.63, 3.8) is 0 Å². The van der Waals surface area contributed by atoms with Crippen LogP contribution in [-0.2, 0) is 9.59 Å². The summed E-state index contributed by atoms with van der Waals surface area (Å²) in [6, 6.07) is 3.72. The highest BCUT2D eigenvalue weighted by atomic mass is 127. The highest BCUT2D eigenvalue weighted by Gasteiger charge is 2.14. The molecule has 0 aromatic heterocycles. The molecule has 0 unspecified atom stereocenters. The largest absolute Gasteiger partial charge is 0.480 e. The van der Waals surface area contributed by atoms with Crippen LogP contribution in [0.5, 0.6) is 5.75 Å². The van der Waals surface area contributed by atoms with E-state index >= 15 is 0 Å². The van der Waals surface area contributed by atoms with Crippen molar-refractivity contribution in [2.75, 3.05) is 6.61 Å². The number of carboxylic acids is 1. The molecular weight excluding hydrogens is 485 g/mol. The van der Waals surface area contributed by atoms with Crippen LogP contribution in [0.15, 0.2) is 22.2 Å². The zero-order chi connectivity index (χ0) is 17.6. The molecule has 0 heterocycles. The molecule has 0 spiro atoms. The number of nitrogens with zero attached hydrogens (tertiary/aromatic N) is 1. The second-order valence-corrected chi connectivity index (χ2v) is 6.00. The summed E-state index contributed by atoms with van der Waals surface area (Å²) < 4.78 is 6.15. The molecule has 120 valence electrons. The molecule has 0 atom stereocenters. The quantitative estimate of drug-likeness (QED) is 0.323. The second kappa shape index (κ2) is 8.49. The summed E-state index contributed by atoms with van der Waals surface area (Å²) in [5.74, 6) is -1.71. The van der Waals surface area contributed by atoms with Crippen molar-refractivity contribution in [1.29, 1.82) is 5.26 Å². The van der Waals surface area contributed by atoms with Crippen LogP contribution < -0.4 is 15.8 Å². The first-order valence-electron chi connectivity index (χ1n) is 5.80. The number of imide groups is 1. The lowest BCUT2D eigenvalue weighted by atomic mass is 10.1. The van der Waals surface area contributed by atoms with E-state index in [9.17, 15) is 14.4 Å². The van der Waals surface area contributed by atoms with Gasteiger partial charge in [0.15, 0.2) is 6.61 Å². The van der Waals surface area contributed by atoms with E-state index in [-0.39, 0.29) is 5.57 Å². The van der Waals surface area contributed by atoms with Gasteiger partial charge in [-0.1, -0.05) is 0 Å². The van der Waals surface area contributed by atoms with E-state index in [4.69, 9.17) is 20.8 Å². The molecule has 4 N–H and O–H groups in total. The van der Waals surface area contributed by atoms with Gasteiger partial charge in [0.25, 0.3) is 5.91 Å². The van der Waals surface area contributed by atoms with Gasteiger partial charge in [-0.05, 0) is 62.3 Å². The number of benzene rings is 1. The Morgan fingerprint density at radius 1 is 1.48 bits per heavy atom. The standard InChI is InChI=1S/C13H9BrIN3O5/c14-8-2-6(1-7(4-16)12(21)18-13(17)22)3-9(15)11(8)23-5-10(19)20/h1-3H,5H2,(H,19,20)(H3,17,18,21,22)/b7-1-. The minimum atomic E-state index is -1.12. The predicted molar refractivity (Wildman–Crippen MR) is 91.3 cm³/mol. The molecule has 23 heavy (non-hydrogen) atoms. The fourth-order valence-corrected chi connectivity index (χ4v) is 3.20. The number of nitrogens with one attached hydrogen (secondary N) is 1. The lowest BCUT2D eigenvalue weighted by Crippen LogP contribution is -2.35. The molecule has 0 radical (unpaired) electrons. The maximum Gasteiger partial charge on any atom is 0.341 e. The Labute approximate surface area is 152 Å². The van der Waals surface area contributed by atoms with Crippen molar-refractivity contribution in [1.82, 2.24) is 5.32 Å². The first-order valence-corrected chi connectivity index (χ1v) is 7.68. The number of primary amides is 1. The summed E-state index contributed by atoms with van der Waals surface area (Å²) in [4.78, 5) is 32.8. The number of hydrogen-bond donors (Lipinski definition) is 3. The van der Waals surface area contributed by atoms with Crippen LogP contribution >= 0.6 is 38.5 Å². The number of amides is 3. The molecule has 1 aromatic rings. The van der Waals surface area contributed by atoms with Crippen molar-refractivity contribution >= 4 is 62.5 Å². The van der Waals surface area contributed by atoms with Gasteiger partial charge < -0.3 is 15.6 Å². The van der Waals surface area contributed by atoms with E-state index in [1.165, 1.54) is 12.1 Å². The van der Waals surface area contributed by atoms with Crippen LogP contribution in [0.1, 0.15) is 5.56 Å². The molecule has 1 rings (SSSR count). The molecule has 0 saturated carbocycles. The van der Waals surface area contributed by atoms with Gasteiger partial charge in [0.1, 0.15) is 17.4 Å². The Morgan fingerprint density at radius 3 is 2.61 bits per heavy atom. The average Bonchev–Trinajstić information content (AvgIpc) is 2.42. The second-order valence-electron chi connectivity index (χ2n) is 3.98. The molecular formula is C13H9BrIN3O5. The minimum Gasteiger partial charge on any atom is -0.480 e. The summed E-state index contributed by atoms with van der Waals surface area (Å²) in [6.45, 7) is -0.506. The number of aliphatic carboxylic acids is 1. The number of nitrogens with two attached hydrogens (primary N) is 1. The van der Waals surface area contributed by atoms with Gasteiger partial charge in [-0.3, -0.25) is 10.1 Å². The Kier molecular flexibility index (Phi) is 6.98. The third kappa shape index (κ3) is 5.87. The van der Waals surface area contributed by atoms with E-state index in [1.54, 1.807) is 17.5 Å². The van der Waals surface area contributed by atoms with E-state index in [1.807, 2.05) is 22.6 Å². The summed E-state index contributed by atoms with van der Waals surface area (Å²) in [7, 11) is 0. The van der Waals surface area contributed by atoms with Crippen LogP contribution in [-0.4, -0.2) is 29.6 Å². The van der Waals surface area contributed by atoms with Crippen molar-refractivity contribution in [2.24, 2.45) is 5.73 Å². The van der Waals surface area contributed by atoms with Gasteiger partial charge in [-0.2, -0.15) is 5.26 Å². The van der Waals surface area contributed by atoms with Gasteiger partial charge >= 0.3 is 12.0 Å². The van der Waals surface area contributed by atoms with Crippen LogP contribution in [0.4, 0.5) is 4.79 Å². The fourth-order valence-electron chi connectivity index (χ4n) is 1.43. The van der Waals surface area contributed by atoms with Crippen molar-refractivity contribution in [3.8, 4) is 11.8 Å². The smallest absolute Gasteiger partial charge is 0.341 e. The monoisotopic (exact) mass is 493 g/mol. The van der Waals surface area contributed by atoms with Crippen molar-refractivity contribution in [3.05, 3.63) is 31.3 Å². The van der Waals surface area contributed by atoms with Crippen LogP contribution in [0.3, 0.4) is 0 Å². The third-order valence-electron chi connectivity index (χ3n) is 2.27. The summed E-state index contributed by atoms with van der Waals surface area (Å²) >= 11 is 5.15. The van der Waals surface area contributed by atoms with Crippen LogP contribution in [0, 0.1) is 14.9 Å². The zero-order valence-corrected chi connectivity index (χ0v) is 15.0. The molecule has 0 aliphatic rings. The van der Waals surface area contributed by atoms with E-state index in [2.05, 4.69) is 15.9 Å². The van der Waals surface area contributed by atoms with Gasteiger partial charge in [0.2, 0.25) is 0 Å². The summed E-state index contributed by atoms with van der Waals surface area (Å²) in [6.07, 6.45) is 1.26. The molecule has 3 amide bonds. The van der Waals surface area contributed by atoms with E-state index < -0.39 is 24.5 Å². The first-order chi connectivity index (χ1) is 10.7. The normalized spacial score (nSPS) is 10.6. The molecule has 0 aliphatic heterocycles. The zero-order valence-electron chi connectivity index (χ0n) is 11.3. The Bertz CT molecular complexity index is 719. The number of carbonyl (C=O) groups is 3. The summed E-state index contributed by atoms with van der Waals surface area (Å²) in [5, 5.41) is 19.4. The Hall–Kier alpha value is -2.13. The van der Waals surface area contributed by atoms with Crippen LogP contribution in [0.2, 0.25) is 0 Å². The molecule has 10 heteroatoms. The maximum absolute atomic E-state index is 11.6. The van der Waals surface area contributed by atoms with Gasteiger partial charge in [0, 0.05) is 0 Å². The van der Waals surface area contributed by atoms with Crippen molar-refractivity contribution < 1.29 is 24.2 Å². The third-order valence-corrected chi connectivity index (χ3v) is 3.66.